The molecule has 3 heteroatoms. The van der Waals surface area contributed by atoms with Gasteiger partial charge in [-0.3, -0.25) is 0 Å². The third kappa shape index (κ3) is 3.40. The van der Waals surface area contributed by atoms with Gasteiger partial charge in [0.25, 0.3) is 0 Å². The molecule has 0 aliphatic heterocycles. The first-order valence-corrected chi connectivity index (χ1v) is 4.78. The molecule has 0 aliphatic rings. The van der Waals surface area contributed by atoms with E-state index in [1.165, 1.54) is 5.54 Å². The Labute approximate surface area is 88.8 Å². The van der Waals surface area contributed by atoms with Crippen LogP contribution in [0.3, 0.4) is 0 Å². The summed E-state index contributed by atoms with van der Waals surface area (Å²) in [6.45, 7) is 2.44. The Kier molecular flexibility index (Phi) is 4.50. The highest BCUT2D eigenvalue weighted by Gasteiger charge is 1.95. The average Bonchev–Trinajstić information content (AvgIpc) is 2.26. The molecule has 0 atom stereocenters. The van der Waals surface area contributed by atoms with E-state index in [1.54, 1.807) is 0 Å². The number of aliphatic hydroxyl groups is 1. The summed E-state index contributed by atoms with van der Waals surface area (Å²) in [7, 11) is 0. The standard InChI is InChI=1S/C11H13ClO2/c1-9(6-12)8-14-11-4-2-10(7-13)3-5-11/h2-6,13H,7-8H2,1H3/b9-6-. The highest BCUT2D eigenvalue weighted by molar-refractivity contribution is 6.25. The third-order valence-corrected chi connectivity index (χ3v) is 2.13. The average molecular weight is 213 g/mol. The Morgan fingerprint density at radius 3 is 2.57 bits per heavy atom. The van der Waals surface area contributed by atoms with E-state index in [2.05, 4.69) is 0 Å². The van der Waals surface area contributed by atoms with Crippen molar-refractivity contribution in [3.8, 4) is 5.75 Å². The van der Waals surface area contributed by atoms with E-state index >= 15 is 0 Å². The molecule has 0 unspecified atom stereocenters. The van der Waals surface area contributed by atoms with Crippen molar-refractivity contribution in [1.29, 1.82) is 0 Å². The molecule has 0 bridgehead atoms. The van der Waals surface area contributed by atoms with Gasteiger partial charge in [0.15, 0.2) is 0 Å². The van der Waals surface area contributed by atoms with Gasteiger partial charge in [-0.05, 0) is 30.2 Å². The second-order valence-electron chi connectivity index (χ2n) is 3.05. The fourth-order valence-electron chi connectivity index (χ4n) is 0.920. The van der Waals surface area contributed by atoms with Gasteiger partial charge >= 0.3 is 0 Å². The number of rotatable bonds is 4. The van der Waals surface area contributed by atoms with Crippen LogP contribution in [-0.2, 0) is 6.61 Å². The number of aliphatic hydroxyl groups excluding tert-OH is 1. The maximum absolute atomic E-state index is 8.82. The number of hydrogen-bond donors (Lipinski definition) is 1. The molecule has 1 aromatic carbocycles. The van der Waals surface area contributed by atoms with Crippen LogP contribution in [0.5, 0.6) is 5.75 Å². The van der Waals surface area contributed by atoms with Crippen LogP contribution in [0.25, 0.3) is 0 Å². The molecule has 0 saturated carbocycles. The first kappa shape index (κ1) is 11.1. The lowest BCUT2D eigenvalue weighted by Gasteiger charge is -2.05. The first-order chi connectivity index (χ1) is 6.76. The van der Waals surface area contributed by atoms with Crippen LogP contribution in [0.4, 0.5) is 0 Å². The number of benzene rings is 1. The van der Waals surface area contributed by atoms with Gasteiger partial charge in [-0.15, -0.1) is 0 Å². The van der Waals surface area contributed by atoms with Crippen molar-refractivity contribution >= 4 is 11.6 Å². The molecule has 76 valence electrons. The van der Waals surface area contributed by atoms with Gasteiger partial charge in [0.05, 0.1) is 6.61 Å². The van der Waals surface area contributed by atoms with Crippen molar-refractivity contribution in [2.75, 3.05) is 6.61 Å². The van der Waals surface area contributed by atoms with Gasteiger partial charge in [0.2, 0.25) is 0 Å². The van der Waals surface area contributed by atoms with E-state index in [4.69, 9.17) is 21.4 Å². The van der Waals surface area contributed by atoms with Crippen LogP contribution >= 0.6 is 11.6 Å². The lowest BCUT2D eigenvalue weighted by Crippen LogP contribution is -1.98. The minimum atomic E-state index is 0.0564. The largest absolute Gasteiger partial charge is 0.489 e. The van der Waals surface area contributed by atoms with E-state index < -0.39 is 0 Å². The Hall–Kier alpha value is -0.990. The molecule has 0 radical (unpaired) electrons. The Bertz CT molecular complexity index is 304. The molecule has 14 heavy (non-hydrogen) atoms. The van der Waals surface area contributed by atoms with Gasteiger partial charge in [0.1, 0.15) is 12.4 Å². The molecule has 1 aromatic rings. The molecular formula is C11H13ClO2. The molecule has 1 N–H and O–H groups in total. The van der Waals surface area contributed by atoms with Crippen LogP contribution in [0.15, 0.2) is 35.4 Å². The van der Waals surface area contributed by atoms with Crippen molar-refractivity contribution in [3.05, 3.63) is 40.9 Å². The predicted molar refractivity (Wildman–Crippen MR) is 57.5 cm³/mol. The van der Waals surface area contributed by atoms with Crippen molar-refractivity contribution in [3.63, 3.8) is 0 Å². The molecular weight excluding hydrogens is 200 g/mol. The van der Waals surface area contributed by atoms with Crippen LogP contribution in [0.2, 0.25) is 0 Å². The van der Waals surface area contributed by atoms with Crippen LogP contribution in [0.1, 0.15) is 12.5 Å². The zero-order valence-corrected chi connectivity index (χ0v) is 8.79. The van der Waals surface area contributed by atoms with Crippen LogP contribution in [0, 0.1) is 0 Å². The quantitative estimate of drug-likeness (QED) is 0.832. The van der Waals surface area contributed by atoms with Gasteiger partial charge in [-0.2, -0.15) is 0 Å². The topological polar surface area (TPSA) is 29.5 Å². The number of hydrogen-bond acceptors (Lipinski definition) is 2. The Balaban J connectivity index is 2.52. The summed E-state index contributed by atoms with van der Waals surface area (Å²) in [4.78, 5) is 0. The minimum absolute atomic E-state index is 0.0564. The summed E-state index contributed by atoms with van der Waals surface area (Å²) in [6, 6.07) is 7.31. The summed E-state index contributed by atoms with van der Waals surface area (Å²) in [5.74, 6) is 0.778. The fourth-order valence-corrected chi connectivity index (χ4v) is 0.983. The van der Waals surface area contributed by atoms with E-state index in [-0.39, 0.29) is 6.61 Å². The van der Waals surface area contributed by atoms with Crippen molar-refractivity contribution in [2.45, 2.75) is 13.5 Å². The van der Waals surface area contributed by atoms with Gasteiger partial charge in [-0.25, -0.2) is 0 Å². The van der Waals surface area contributed by atoms with Gasteiger partial charge in [0, 0.05) is 5.54 Å². The number of ether oxygens (including phenoxy) is 1. The fraction of sp³-hybridized carbons (Fsp3) is 0.273. The molecule has 1 rings (SSSR count). The van der Waals surface area contributed by atoms with Gasteiger partial charge < -0.3 is 9.84 Å². The molecule has 0 fully saturated rings. The van der Waals surface area contributed by atoms with Crippen molar-refractivity contribution in [1.82, 2.24) is 0 Å². The van der Waals surface area contributed by atoms with E-state index in [1.807, 2.05) is 31.2 Å². The van der Waals surface area contributed by atoms with Crippen LogP contribution < -0.4 is 4.74 Å². The molecule has 0 aliphatic carbocycles. The Morgan fingerprint density at radius 1 is 1.43 bits per heavy atom. The van der Waals surface area contributed by atoms with Crippen molar-refractivity contribution in [2.24, 2.45) is 0 Å². The van der Waals surface area contributed by atoms with E-state index in [0.29, 0.717) is 6.61 Å². The molecule has 0 aromatic heterocycles. The maximum Gasteiger partial charge on any atom is 0.119 e. The zero-order valence-electron chi connectivity index (χ0n) is 8.03. The second-order valence-corrected chi connectivity index (χ2v) is 3.26. The highest BCUT2D eigenvalue weighted by Crippen LogP contribution is 2.13. The van der Waals surface area contributed by atoms with E-state index in [9.17, 15) is 0 Å². The summed E-state index contributed by atoms with van der Waals surface area (Å²) in [5.41, 5.74) is 3.35. The molecule has 0 heterocycles. The highest BCUT2D eigenvalue weighted by atomic mass is 35.5. The first-order valence-electron chi connectivity index (χ1n) is 4.34. The summed E-state index contributed by atoms with van der Waals surface area (Å²) < 4.78 is 5.42. The maximum atomic E-state index is 8.82. The predicted octanol–water partition coefficient (Wildman–Crippen LogP) is 2.70. The third-order valence-electron chi connectivity index (χ3n) is 1.76. The molecule has 0 spiro atoms. The molecule has 2 nitrogen and oxygen atoms in total. The minimum Gasteiger partial charge on any atom is -0.489 e. The zero-order chi connectivity index (χ0) is 10.4. The van der Waals surface area contributed by atoms with Crippen molar-refractivity contribution < 1.29 is 9.84 Å². The second kappa shape index (κ2) is 5.68. The smallest absolute Gasteiger partial charge is 0.119 e. The molecule has 0 amide bonds. The lowest BCUT2D eigenvalue weighted by molar-refractivity contribution is 0.281. The SMILES string of the molecule is C/C(=C/Cl)COc1ccc(CO)cc1. The van der Waals surface area contributed by atoms with Gasteiger partial charge in [-0.1, -0.05) is 23.7 Å². The summed E-state index contributed by atoms with van der Waals surface area (Å²) in [6.07, 6.45) is 0. The molecule has 0 saturated heterocycles. The van der Waals surface area contributed by atoms with E-state index in [0.717, 1.165) is 16.9 Å². The summed E-state index contributed by atoms with van der Waals surface area (Å²) >= 11 is 5.49. The Morgan fingerprint density at radius 2 is 2.07 bits per heavy atom. The van der Waals surface area contributed by atoms with Crippen LogP contribution in [-0.4, -0.2) is 11.7 Å². The normalized spacial score (nSPS) is 11.5. The lowest BCUT2D eigenvalue weighted by atomic mass is 10.2. The monoisotopic (exact) mass is 212 g/mol. The summed E-state index contributed by atoms with van der Waals surface area (Å²) in [5, 5.41) is 8.82. The number of halogens is 1.